The summed E-state index contributed by atoms with van der Waals surface area (Å²) in [5, 5.41) is 0. The number of thiol groups is 2. The second-order valence-corrected chi connectivity index (χ2v) is 12.2. The van der Waals surface area contributed by atoms with Crippen molar-refractivity contribution in [2.75, 3.05) is 0 Å². The van der Waals surface area contributed by atoms with Crippen molar-refractivity contribution in [1.82, 2.24) is 29.9 Å². The van der Waals surface area contributed by atoms with E-state index < -0.39 is 0 Å². The first-order valence-corrected chi connectivity index (χ1v) is 16.8. The molecule has 1 radical (unpaired) electrons. The molecule has 2 aromatic carbocycles. The average Bonchev–Trinajstić information content (AvgIpc) is 3.20. The Kier molecular flexibility index (Phi) is 11.8. The Balaban J connectivity index is 0.000000172. The van der Waals surface area contributed by atoms with E-state index in [1.165, 1.54) is 0 Å². The zero-order valence-electron chi connectivity index (χ0n) is 27.1. The number of nitrogens with zero attached hydrogens (tertiary/aromatic N) is 6. The minimum Gasteiger partial charge on any atom is -0.255 e. The van der Waals surface area contributed by atoms with Crippen LogP contribution in [0.3, 0.4) is 0 Å². The van der Waals surface area contributed by atoms with Gasteiger partial charge in [-0.3, -0.25) is 19.9 Å². The Bertz CT molecular complexity index is 2030. The van der Waals surface area contributed by atoms with E-state index in [-0.39, 0.29) is 16.8 Å². The van der Waals surface area contributed by atoms with Gasteiger partial charge in [0.1, 0.15) is 0 Å². The van der Waals surface area contributed by atoms with Crippen molar-refractivity contribution in [2.24, 2.45) is 0 Å². The van der Waals surface area contributed by atoms with Crippen molar-refractivity contribution < 1.29 is 16.8 Å². The molecule has 6 aromatic heterocycles. The summed E-state index contributed by atoms with van der Waals surface area (Å²) in [5.74, 6) is 0. The molecule has 0 atom stereocenters. The maximum absolute atomic E-state index is 4.78. The fourth-order valence-corrected chi connectivity index (χ4v) is 5.58. The minimum absolute atomic E-state index is 0. The van der Waals surface area contributed by atoms with Crippen LogP contribution < -0.4 is 0 Å². The van der Waals surface area contributed by atoms with Crippen molar-refractivity contribution >= 4 is 25.3 Å². The summed E-state index contributed by atoms with van der Waals surface area (Å²) < 4.78 is 0. The van der Waals surface area contributed by atoms with Gasteiger partial charge in [-0.15, -0.1) is 25.3 Å². The first-order chi connectivity index (χ1) is 24.6. The Hall–Kier alpha value is -5.45. The molecule has 8 aromatic rings. The molecule has 0 unspecified atom stereocenters. The molecule has 0 aliphatic rings. The Morgan fingerprint density at radius 2 is 0.569 bits per heavy atom. The molecule has 51 heavy (non-hydrogen) atoms. The van der Waals surface area contributed by atoms with Crippen molar-refractivity contribution in [3.8, 4) is 67.8 Å². The molecule has 0 saturated heterocycles. The van der Waals surface area contributed by atoms with E-state index in [9.17, 15) is 0 Å². The summed E-state index contributed by atoms with van der Waals surface area (Å²) in [5.41, 5.74) is 11.0. The van der Waals surface area contributed by atoms with Crippen LogP contribution in [0.4, 0.5) is 0 Å². The standard InChI is InChI=1S/2C21H15N3S.Co/c2*25-17-9-7-15(8-10-17)16-13-20(18-5-1-3-11-22-18)24-21(14-16)19-6-2-4-12-23-19;/h2*1-14,25H;/q;;+2. The summed E-state index contributed by atoms with van der Waals surface area (Å²) in [6.07, 6.45) is 7.11. The van der Waals surface area contributed by atoms with E-state index in [1.807, 2.05) is 97.1 Å². The van der Waals surface area contributed by atoms with Gasteiger partial charge >= 0.3 is 16.8 Å². The van der Waals surface area contributed by atoms with Gasteiger partial charge in [-0.05, 0) is 119 Å². The molecule has 9 heteroatoms. The summed E-state index contributed by atoms with van der Waals surface area (Å²) in [7, 11) is 0. The summed E-state index contributed by atoms with van der Waals surface area (Å²) >= 11 is 8.73. The second-order valence-electron chi connectivity index (χ2n) is 11.2. The average molecular weight is 742 g/mol. The SMILES string of the molecule is Sc1ccc(-c2cc(-c3ccccn3)nc(-c3ccccn3)c2)cc1.Sc1ccc(-c2cc(-c3ccccn3)nc(-c3ccccn3)c2)cc1.[Co+2]. The molecule has 0 spiro atoms. The number of rotatable bonds is 6. The smallest absolute Gasteiger partial charge is 0.255 e. The van der Waals surface area contributed by atoms with E-state index in [2.05, 4.69) is 93.7 Å². The quantitative estimate of drug-likeness (QED) is 0.165. The molecule has 6 heterocycles. The van der Waals surface area contributed by atoms with Gasteiger partial charge in [0, 0.05) is 34.6 Å². The molecule has 0 aliphatic heterocycles. The van der Waals surface area contributed by atoms with Crippen LogP contribution in [0.15, 0.2) is 180 Å². The molecule has 247 valence electrons. The predicted octanol–water partition coefficient (Wildman–Crippen LogP) is 10.3. The first-order valence-electron chi connectivity index (χ1n) is 15.9. The Morgan fingerprint density at radius 1 is 0.294 bits per heavy atom. The van der Waals surface area contributed by atoms with Gasteiger partial charge in [0.2, 0.25) is 0 Å². The fraction of sp³-hybridized carbons (Fsp3) is 0. The molecule has 0 fully saturated rings. The fourth-order valence-electron chi connectivity index (χ4n) is 5.28. The third kappa shape index (κ3) is 9.02. The van der Waals surface area contributed by atoms with Crippen molar-refractivity contribution in [3.63, 3.8) is 0 Å². The number of aromatic nitrogens is 6. The van der Waals surface area contributed by atoms with Crippen molar-refractivity contribution in [1.29, 1.82) is 0 Å². The summed E-state index contributed by atoms with van der Waals surface area (Å²) in [4.78, 5) is 29.2. The van der Waals surface area contributed by atoms with Crippen molar-refractivity contribution in [2.45, 2.75) is 9.79 Å². The predicted molar refractivity (Wildman–Crippen MR) is 207 cm³/mol. The van der Waals surface area contributed by atoms with Crippen LogP contribution in [0.1, 0.15) is 0 Å². The van der Waals surface area contributed by atoms with Gasteiger partial charge in [-0.1, -0.05) is 48.5 Å². The van der Waals surface area contributed by atoms with Gasteiger partial charge in [-0.25, -0.2) is 9.97 Å². The number of benzene rings is 2. The van der Waals surface area contributed by atoms with E-state index in [0.29, 0.717) is 0 Å². The van der Waals surface area contributed by atoms with E-state index in [0.717, 1.165) is 77.6 Å². The summed E-state index contributed by atoms with van der Waals surface area (Å²) in [6, 6.07) is 47.7. The summed E-state index contributed by atoms with van der Waals surface area (Å²) in [6.45, 7) is 0. The van der Waals surface area contributed by atoms with E-state index >= 15 is 0 Å². The van der Waals surface area contributed by atoms with Crippen LogP contribution in [0, 0.1) is 0 Å². The molecule has 0 N–H and O–H groups in total. The third-order valence-electron chi connectivity index (χ3n) is 7.76. The molecule has 0 saturated carbocycles. The zero-order valence-corrected chi connectivity index (χ0v) is 29.9. The monoisotopic (exact) mass is 741 g/mol. The maximum atomic E-state index is 4.78. The van der Waals surface area contributed by atoms with Gasteiger partial charge < -0.3 is 0 Å². The third-order valence-corrected chi connectivity index (χ3v) is 8.36. The Labute approximate surface area is 318 Å². The number of hydrogen-bond donors (Lipinski definition) is 2. The molecule has 0 amide bonds. The minimum atomic E-state index is 0. The first kappa shape index (κ1) is 35.4. The van der Waals surface area contributed by atoms with Crippen molar-refractivity contribution in [3.05, 3.63) is 170 Å². The second kappa shape index (κ2) is 17.0. The van der Waals surface area contributed by atoms with Gasteiger partial charge in [0.15, 0.2) is 0 Å². The molecule has 0 aliphatic carbocycles. The molecule has 0 bridgehead atoms. The van der Waals surface area contributed by atoms with Crippen LogP contribution in [0.5, 0.6) is 0 Å². The molecular weight excluding hydrogens is 712 g/mol. The van der Waals surface area contributed by atoms with Gasteiger partial charge in [-0.2, -0.15) is 0 Å². The topological polar surface area (TPSA) is 77.3 Å². The molecule has 8 rings (SSSR count). The van der Waals surface area contributed by atoms with Crippen LogP contribution in [-0.4, -0.2) is 29.9 Å². The van der Waals surface area contributed by atoms with Crippen LogP contribution >= 0.6 is 25.3 Å². The maximum Gasteiger partial charge on any atom is 2.00 e. The normalized spacial score (nSPS) is 10.4. The van der Waals surface area contributed by atoms with E-state index in [4.69, 9.17) is 9.97 Å². The molecule has 6 nitrogen and oxygen atoms in total. The largest absolute Gasteiger partial charge is 2.00 e. The van der Waals surface area contributed by atoms with E-state index in [1.54, 1.807) is 24.8 Å². The van der Waals surface area contributed by atoms with Crippen LogP contribution in [0.2, 0.25) is 0 Å². The van der Waals surface area contributed by atoms with Crippen LogP contribution in [0.25, 0.3) is 67.8 Å². The van der Waals surface area contributed by atoms with Gasteiger partial charge in [0.05, 0.1) is 45.6 Å². The van der Waals surface area contributed by atoms with Gasteiger partial charge in [0.25, 0.3) is 0 Å². The van der Waals surface area contributed by atoms with Crippen LogP contribution in [-0.2, 0) is 16.8 Å². The number of hydrogen-bond acceptors (Lipinski definition) is 8. The number of pyridine rings is 6. The zero-order chi connectivity index (χ0) is 34.1. The Morgan fingerprint density at radius 3 is 0.804 bits per heavy atom. The molecular formula is C42H30CoN6S2+2.